The van der Waals surface area contributed by atoms with Crippen LogP contribution in [0.1, 0.15) is 49.7 Å². The number of para-hydroxylation sites is 2. The molecule has 0 N–H and O–H groups in total. The highest BCUT2D eigenvalue weighted by Crippen LogP contribution is 2.52. The molecule has 0 spiro atoms. The summed E-state index contributed by atoms with van der Waals surface area (Å²) in [6.07, 6.45) is 8.65. The number of rotatable bonds is 4. The topological polar surface area (TPSA) is 9.72 Å². The summed E-state index contributed by atoms with van der Waals surface area (Å²) in [5.74, 6) is 0. The van der Waals surface area contributed by atoms with Crippen molar-refractivity contribution < 1.29 is 0 Å². The monoisotopic (exact) mass is 649 g/mol. The molecule has 0 radical (unpaired) electrons. The van der Waals surface area contributed by atoms with Gasteiger partial charge in [-0.25, -0.2) is 0 Å². The average molecular weight is 650 g/mol. The van der Waals surface area contributed by atoms with E-state index in [1.54, 1.807) is 0 Å². The van der Waals surface area contributed by atoms with Crippen LogP contribution >= 0.6 is 0 Å². The summed E-state index contributed by atoms with van der Waals surface area (Å²) >= 11 is 0. The Morgan fingerprint density at radius 1 is 0.400 bits per heavy atom. The first-order valence-electron chi connectivity index (χ1n) is 18.8. The fourth-order valence-corrected chi connectivity index (χ4v) is 9.11. The summed E-state index contributed by atoms with van der Waals surface area (Å²) in [7, 11) is 0. The second kappa shape index (κ2) is 12.2. The molecule has 0 aromatic heterocycles. The maximum atomic E-state index is 2.62. The Morgan fingerprint density at radius 2 is 0.960 bits per heavy atom. The fourth-order valence-electron chi connectivity index (χ4n) is 9.11. The first kappa shape index (κ1) is 29.6. The first-order chi connectivity index (χ1) is 24.8. The van der Waals surface area contributed by atoms with Gasteiger partial charge in [0, 0.05) is 66.1 Å². The molecule has 246 valence electrons. The van der Waals surface area contributed by atoms with Crippen molar-refractivity contribution in [2.45, 2.75) is 44.9 Å². The molecule has 3 aliphatic heterocycles. The molecule has 3 heteroatoms. The molecule has 50 heavy (non-hydrogen) atoms. The number of hydrogen-bond donors (Lipinski definition) is 0. The average Bonchev–Trinajstić information content (AvgIpc) is 3.19. The van der Waals surface area contributed by atoms with E-state index in [0.29, 0.717) is 0 Å². The molecule has 7 aromatic carbocycles. The molecule has 3 heterocycles. The molecule has 0 aliphatic carbocycles. The number of piperidine rings is 2. The lowest BCUT2D eigenvalue weighted by atomic mass is 9.87. The molecule has 2 fully saturated rings. The lowest BCUT2D eigenvalue weighted by Gasteiger charge is -2.36. The van der Waals surface area contributed by atoms with Gasteiger partial charge in [-0.05, 0) is 125 Å². The van der Waals surface area contributed by atoms with Crippen molar-refractivity contribution in [1.29, 1.82) is 0 Å². The Labute approximate surface area is 295 Å². The van der Waals surface area contributed by atoms with Crippen LogP contribution in [-0.4, -0.2) is 26.2 Å². The highest BCUT2D eigenvalue weighted by atomic mass is 15.2. The fraction of sp³-hybridized carbons (Fsp3) is 0.234. The van der Waals surface area contributed by atoms with E-state index in [1.807, 2.05) is 0 Å². The molecule has 2 saturated heterocycles. The maximum Gasteiger partial charge on any atom is 0.0619 e. The predicted octanol–water partition coefficient (Wildman–Crippen LogP) is 12.2. The highest BCUT2D eigenvalue weighted by molar-refractivity contribution is 6.24. The SMILES string of the molecule is c1ccc2c(c1)Cc1ccccc1N2c1c2ccc(N3CCCCC3)cc2c(-c2ccc3ccccc3c2)c2ccc(N3CCCCC3)cc12. The molecular formula is C47H43N3. The van der Waals surface area contributed by atoms with Gasteiger partial charge in [-0.3, -0.25) is 0 Å². The maximum absolute atomic E-state index is 2.62. The van der Waals surface area contributed by atoms with E-state index >= 15 is 0 Å². The minimum atomic E-state index is 0.950. The molecule has 0 amide bonds. The van der Waals surface area contributed by atoms with Gasteiger partial charge in [0.1, 0.15) is 0 Å². The Balaban J connectivity index is 1.33. The summed E-state index contributed by atoms with van der Waals surface area (Å²) in [5.41, 5.74) is 11.9. The standard InChI is InChI=1S/C47H43N3/c1-9-25-48(26-10-1)38-22-24-41-42(31-38)46(37-20-19-33-13-3-4-14-34(33)29-37)40-23-21-39(49-27-11-2-12-28-49)32-43(40)47(41)50-44-17-7-5-15-35(44)30-36-16-6-8-18-45(36)50/h3-8,13-24,29,31-32H,1-2,9-12,25-28,30H2. The minimum Gasteiger partial charge on any atom is -0.372 e. The van der Waals surface area contributed by atoms with Crippen molar-refractivity contribution in [1.82, 2.24) is 0 Å². The van der Waals surface area contributed by atoms with Crippen molar-refractivity contribution in [2.75, 3.05) is 40.9 Å². The summed E-state index contributed by atoms with van der Waals surface area (Å²) in [5, 5.41) is 7.84. The van der Waals surface area contributed by atoms with Crippen molar-refractivity contribution >= 4 is 60.8 Å². The van der Waals surface area contributed by atoms with Crippen molar-refractivity contribution in [3.05, 3.63) is 139 Å². The van der Waals surface area contributed by atoms with E-state index in [4.69, 9.17) is 0 Å². The summed E-state index contributed by atoms with van der Waals surface area (Å²) in [6, 6.07) is 48.7. The second-order valence-corrected chi connectivity index (χ2v) is 14.6. The largest absolute Gasteiger partial charge is 0.372 e. The van der Waals surface area contributed by atoms with Gasteiger partial charge in [-0.1, -0.05) is 84.9 Å². The van der Waals surface area contributed by atoms with Gasteiger partial charge in [-0.2, -0.15) is 0 Å². The predicted molar refractivity (Wildman–Crippen MR) is 214 cm³/mol. The van der Waals surface area contributed by atoms with E-state index in [9.17, 15) is 0 Å². The summed E-state index contributed by atoms with van der Waals surface area (Å²) < 4.78 is 0. The van der Waals surface area contributed by atoms with Crippen LogP contribution in [0.15, 0.2) is 127 Å². The number of hydrogen-bond acceptors (Lipinski definition) is 3. The Kier molecular flexibility index (Phi) is 7.25. The lowest BCUT2D eigenvalue weighted by Crippen LogP contribution is -2.29. The molecule has 3 nitrogen and oxygen atoms in total. The molecule has 10 rings (SSSR count). The molecule has 0 unspecified atom stereocenters. The molecule has 0 atom stereocenters. The summed E-state index contributed by atoms with van der Waals surface area (Å²) in [6.45, 7) is 4.51. The van der Waals surface area contributed by atoms with Crippen LogP contribution < -0.4 is 14.7 Å². The lowest BCUT2D eigenvalue weighted by molar-refractivity contribution is 0.578. The quantitative estimate of drug-likeness (QED) is 0.176. The van der Waals surface area contributed by atoms with Crippen LogP contribution in [0.3, 0.4) is 0 Å². The molecule has 7 aromatic rings. The van der Waals surface area contributed by atoms with Crippen LogP contribution in [0.25, 0.3) is 43.4 Å². The highest BCUT2D eigenvalue weighted by Gasteiger charge is 2.29. The van der Waals surface area contributed by atoms with Gasteiger partial charge in [0.25, 0.3) is 0 Å². The molecule has 0 bridgehead atoms. The van der Waals surface area contributed by atoms with Gasteiger partial charge in [0.15, 0.2) is 0 Å². The zero-order valence-corrected chi connectivity index (χ0v) is 28.7. The Hall–Kier alpha value is -5.28. The van der Waals surface area contributed by atoms with Crippen LogP contribution in [-0.2, 0) is 6.42 Å². The Morgan fingerprint density at radius 3 is 1.62 bits per heavy atom. The molecular weight excluding hydrogens is 607 g/mol. The molecule has 3 aliphatic rings. The number of anilines is 5. The number of nitrogens with zero attached hydrogens (tertiary/aromatic N) is 3. The van der Waals surface area contributed by atoms with Gasteiger partial charge < -0.3 is 14.7 Å². The summed E-state index contributed by atoms with van der Waals surface area (Å²) in [4.78, 5) is 7.83. The van der Waals surface area contributed by atoms with Gasteiger partial charge in [-0.15, -0.1) is 0 Å². The van der Waals surface area contributed by atoms with Crippen molar-refractivity contribution in [3.8, 4) is 11.1 Å². The molecule has 0 saturated carbocycles. The van der Waals surface area contributed by atoms with E-state index in [-0.39, 0.29) is 0 Å². The third-order valence-corrected chi connectivity index (χ3v) is 11.6. The zero-order valence-electron chi connectivity index (χ0n) is 28.7. The second-order valence-electron chi connectivity index (χ2n) is 14.6. The minimum absolute atomic E-state index is 0.950. The van der Waals surface area contributed by atoms with Crippen LogP contribution in [0.5, 0.6) is 0 Å². The normalized spacial score (nSPS) is 16.2. The number of benzene rings is 7. The van der Waals surface area contributed by atoms with E-state index in [0.717, 1.165) is 32.6 Å². The van der Waals surface area contributed by atoms with E-state index in [1.165, 1.54) is 122 Å². The van der Waals surface area contributed by atoms with Crippen LogP contribution in [0.4, 0.5) is 28.4 Å². The number of fused-ring (bicyclic) bond motifs is 5. The van der Waals surface area contributed by atoms with Crippen LogP contribution in [0.2, 0.25) is 0 Å². The van der Waals surface area contributed by atoms with Crippen LogP contribution in [0, 0.1) is 0 Å². The van der Waals surface area contributed by atoms with Gasteiger partial charge >= 0.3 is 0 Å². The Bertz CT molecular complexity index is 2350. The van der Waals surface area contributed by atoms with E-state index < -0.39 is 0 Å². The first-order valence-corrected chi connectivity index (χ1v) is 18.8. The van der Waals surface area contributed by atoms with Crippen molar-refractivity contribution in [2.24, 2.45) is 0 Å². The third kappa shape index (κ3) is 4.94. The zero-order chi connectivity index (χ0) is 33.0. The van der Waals surface area contributed by atoms with E-state index in [2.05, 4.69) is 142 Å². The van der Waals surface area contributed by atoms with Gasteiger partial charge in [0.05, 0.1) is 5.69 Å². The van der Waals surface area contributed by atoms with Crippen molar-refractivity contribution in [3.63, 3.8) is 0 Å². The van der Waals surface area contributed by atoms with Gasteiger partial charge in [0.2, 0.25) is 0 Å². The smallest absolute Gasteiger partial charge is 0.0619 e. The third-order valence-electron chi connectivity index (χ3n) is 11.6.